The lowest BCUT2D eigenvalue weighted by atomic mass is 9.75. The highest BCUT2D eigenvalue weighted by atomic mass is 31.2. The number of benzene rings is 3. The van der Waals surface area contributed by atoms with Crippen LogP contribution >= 0.6 is 7.60 Å². The fourth-order valence-corrected chi connectivity index (χ4v) is 8.58. The second kappa shape index (κ2) is 23.9. The molecule has 3 aromatic rings. The molecule has 0 aromatic heterocycles. The minimum absolute atomic E-state index is 0.109. The number of ketones is 2. The van der Waals surface area contributed by atoms with Crippen molar-refractivity contribution in [2.24, 2.45) is 23.7 Å². The van der Waals surface area contributed by atoms with E-state index in [4.69, 9.17) is 4.74 Å². The van der Waals surface area contributed by atoms with Crippen LogP contribution in [0.5, 0.6) is 0 Å². The van der Waals surface area contributed by atoms with E-state index in [2.05, 4.69) is 36.7 Å². The Morgan fingerprint density at radius 1 is 0.841 bits per heavy atom. The highest BCUT2D eigenvalue weighted by molar-refractivity contribution is 7.52. The lowest BCUT2D eigenvalue weighted by Gasteiger charge is -2.37. The van der Waals surface area contributed by atoms with Crippen LogP contribution in [0.3, 0.4) is 0 Å². The largest absolute Gasteiger partial charge is 0.399 e. The second-order valence-electron chi connectivity index (χ2n) is 17.3. The first kappa shape index (κ1) is 51.0. The van der Waals surface area contributed by atoms with Gasteiger partial charge in [0.1, 0.15) is 6.61 Å². The van der Waals surface area contributed by atoms with Crippen LogP contribution in [-0.4, -0.2) is 70.4 Å². The molecule has 1 aliphatic carbocycles. The quantitative estimate of drug-likeness (QED) is 0.0449. The molecule has 0 heterocycles. The van der Waals surface area contributed by atoms with E-state index in [-0.39, 0.29) is 43.7 Å². The Hall–Kier alpha value is -4.62. The number of carbonyl (C=O) groups is 5. The Kier molecular flexibility index (Phi) is 19.3. The SMILES string of the molecule is CCc1ccc(C(=O)NCCCCC(NC(=O)C(CC(=O)C(Cc2ccccc2)NC(=O)COC2CC(C)CCC2C(C)C)Cc2ccc(C(F)(F)P(=O)(O)O)cc2)C(C)=O)cc1. The number of amides is 3. The smallest absolute Gasteiger partial charge is 0.368 e. The number of nitrogens with one attached hydrogen (secondary N) is 3. The van der Waals surface area contributed by atoms with Gasteiger partial charge in [-0.25, -0.2) is 0 Å². The predicted octanol–water partition coefficient (Wildman–Crippen LogP) is 7.47. The number of aryl methyl sites for hydroxylation is 1. The summed E-state index contributed by atoms with van der Waals surface area (Å²) in [5.41, 5.74) is -2.67. The third-order valence-corrected chi connectivity index (χ3v) is 13.0. The summed E-state index contributed by atoms with van der Waals surface area (Å²) in [4.78, 5) is 85.9. The molecule has 0 saturated heterocycles. The van der Waals surface area contributed by atoms with Crippen LogP contribution in [0.2, 0.25) is 0 Å². The predicted molar refractivity (Wildman–Crippen MR) is 237 cm³/mol. The van der Waals surface area contributed by atoms with Crippen LogP contribution < -0.4 is 16.0 Å². The minimum atomic E-state index is -5.84. The van der Waals surface area contributed by atoms with Crippen molar-refractivity contribution in [2.75, 3.05) is 13.2 Å². The first-order valence-corrected chi connectivity index (χ1v) is 23.6. The molecule has 3 aromatic carbocycles. The van der Waals surface area contributed by atoms with Crippen molar-refractivity contribution < 1.29 is 51.8 Å². The molecule has 4 rings (SSSR count). The molecule has 3 amide bonds. The molecule has 1 aliphatic rings. The number of ether oxygens (including phenoxy) is 1. The Labute approximate surface area is 369 Å². The summed E-state index contributed by atoms with van der Waals surface area (Å²) in [7, 11) is -5.84. The highest BCUT2D eigenvalue weighted by Crippen LogP contribution is 2.59. The van der Waals surface area contributed by atoms with E-state index in [1.54, 1.807) is 24.3 Å². The van der Waals surface area contributed by atoms with Gasteiger partial charge in [-0.2, -0.15) is 8.78 Å². The lowest BCUT2D eigenvalue weighted by molar-refractivity contribution is -0.136. The van der Waals surface area contributed by atoms with Crippen LogP contribution in [0.1, 0.15) is 112 Å². The summed E-state index contributed by atoms with van der Waals surface area (Å²) in [5.74, 6) is -2.23. The van der Waals surface area contributed by atoms with Gasteiger partial charge in [-0.05, 0) is 105 Å². The molecule has 0 bridgehead atoms. The average molecular weight is 896 g/mol. The third-order valence-electron chi connectivity index (χ3n) is 12.0. The van der Waals surface area contributed by atoms with Gasteiger partial charge < -0.3 is 30.5 Å². The summed E-state index contributed by atoms with van der Waals surface area (Å²) in [6, 6.07) is 18.5. The van der Waals surface area contributed by atoms with Gasteiger partial charge in [-0.1, -0.05) is 101 Å². The molecule has 6 atom stereocenters. The summed E-state index contributed by atoms with van der Waals surface area (Å²) in [6.07, 6.45) is 4.39. The van der Waals surface area contributed by atoms with E-state index in [0.717, 1.165) is 48.9 Å². The topological polar surface area (TPSA) is 188 Å². The van der Waals surface area contributed by atoms with Crippen molar-refractivity contribution in [3.05, 3.63) is 107 Å². The summed E-state index contributed by atoms with van der Waals surface area (Å²) < 4.78 is 46.7. The second-order valence-corrected chi connectivity index (χ2v) is 19.0. The number of hydrogen-bond acceptors (Lipinski definition) is 7. The average Bonchev–Trinajstić information content (AvgIpc) is 3.24. The molecule has 0 aliphatic heterocycles. The number of Topliss-reactive ketones (excluding diaryl/α,β-unsaturated/α-hetero) is 2. The van der Waals surface area contributed by atoms with Crippen LogP contribution in [0, 0.1) is 23.7 Å². The highest BCUT2D eigenvalue weighted by Gasteiger charge is 2.50. The first-order valence-electron chi connectivity index (χ1n) is 22.0. The van der Waals surface area contributed by atoms with Crippen LogP contribution in [0.4, 0.5) is 8.78 Å². The normalized spacial score (nSPS) is 18.2. The molecule has 6 unspecified atom stereocenters. The molecule has 12 nitrogen and oxygen atoms in total. The molecule has 1 saturated carbocycles. The summed E-state index contributed by atoms with van der Waals surface area (Å²) in [6.45, 7) is 9.87. The maximum Gasteiger partial charge on any atom is 0.399 e. The number of carbonyl (C=O) groups excluding carboxylic acids is 5. The molecule has 15 heteroatoms. The maximum absolute atomic E-state index is 14.5. The van der Waals surface area contributed by atoms with E-state index in [1.807, 2.05) is 37.3 Å². The number of alkyl halides is 2. The molecule has 63 heavy (non-hydrogen) atoms. The fourth-order valence-electron chi connectivity index (χ4n) is 8.09. The van der Waals surface area contributed by atoms with Crippen molar-refractivity contribution in [2.45, 2.75) is 123 Å². The summed E-state index contributed by atoms with van der Waals surface area (Å²) in [5, 5.41) is 8.49. The van der Waals surface area contributed by atoms with Gasteiger partial charge in [0.25, 0.3) is 5.91 Å². The summed E-state index contributed by atoms with van der Waals surface area (Å²) >= 11 is 0. The molecule has 0 radical (unpaired) electrons. The third kappa shape index (κ3) is 15.6. The Morgan fingerprint density at radius 3 is 2.08 bits per heavy atom. The van der Waals surface area contributed by atoms with E-state index in [0.29, 0.717) is 48.3 Å². The Balaban J connectivity index is 1.50. The molecular weight excluding hydrogens is 832 g/mol. The van der Waals surface area contributed by atoms with Crippen LogP contribution in [0.15, 0.2) is 78.9 Å². The standard InChI is InChI=1S/C48H64F2N3O9P/c1-6-34-16-20-37(21-17-34)46(57)51-25-11-10-14-41(33(5)54)53-47(58)38(27-36-18-22-39(23-19-36)48(49,50)63(59,60)61)29-43(55)42(28-35-12-8-7-9-13-35)52-45(56)30-62-44-26-32(4)15-24-40(44)31(2)3/h7-9,12-13,16-23,31-32,38,40-42,44H,6,10-11,14-15,24-30H2,1-5H3,(H,51,57)(H,52,56)(H,53,58)(H2,59,60,61). The number of unbranched alkanes of at least 4 members (excludes halogenated alkanes) is 1. The zero-order valence-corrected chi connectivity index (χ0v) is 37.9. The van der Waals surface area contributed by atoms with E-state index >= 15 is 0 Å². The fraction of sp³-hybridized carbons (Fsp3) is 0.521. The van der Waals surface area contributed by atoms with E-state index in [9.17, 15) is 47.1 Å². The molecular formula is C48H64F2N3O9P. The van der Waals surface area contributed by atoms with E-state index < -0.39 is 60.8 Å². The zero-order valence-electron chi connectivity index (χ0n) is 37.0. The van der Waals surface area contributed by atoms with Crippen molar-refractivity contribution in [3.63, 3.8) is 0 Å². The van der Waals surface area contributed by atoms with Gasteiger partial charge in [0, 0.05) is 30.0 Å². The first-order chi connectivity index (χ1) is 29.8. The number of hydrogen-bond donors (Lipinski definition) is 5. The van der Waals surface area contributed by atoms with Crippen molar-refractivity contribution in [1.29, 1.82) is 0 Å². The zero-order chi connectivity index (χ0) is 46.3. The molecule has 344 valence electrons. The van der Waals surface area contributed by atoms with Crippen LogP contribution in [0.25, 0.3) is 0 Å². The number of halogens is 2. The van der Waals surface area contributed by atoms with Gasteiger partial charge in [-0.15, -0.1) is 0 Å². The van der Waals surface area contributed by atoms with Crippen molar-refractivity contribution in [3.8, 4) is 0 Å². The monoisotopic (exact) mass is 895 g/mol. The van der Waals surface area contributed by atoms with Gasteiger partial charge >= 0.3 is 13.3 Å². The van der Waals surface area contributed by atoms with Gasteiger partial charge in [0.2, 0.25) is 11.8 Å². The molecule has 5 N–H and O–H groups in total. The van der Waals surface area contributed by atoms with Gasteiger partial charge in [-0.3, -0.25) is 28.5 Å². The maximum atomic E-state index is 14.5. The Bertz CT molecular complexity index is 2030. The Morgan fingerprint density at radius 2 is 1.48 bits per heavy atom. The minimum Gasteiger partial charge on any atom is -0.368 e. The van der Waals surface area contributed by atoms with E-state index in [1.165, 1.54) is 19.1 Å². The molecule has 0 spiro atoms. The van der Waals surface area contributed by atoms with Gasteiger partial charge in [0.05, 0.1) is 18.2 Å². The van der Waals surface area contributed by atoms with Crippen molar-refractivity contribution >= 4 is 36.9 Å². The van der Waals surface area contributed by atoms with Crippen LogP contribution in [-0.2, 0) is 53.4 Å². The molecule has 1 fully saturated rings. The van der Waals surface area contributed by atoms with Crippen molar-refractivity contribution in [1.82, 2.24) is 16.0 Å². The van der Waals surface area contributed by atoms with Gasteiger partial charge in [0.15, 0.2) is 11.6 Å². The lowest BCUT2D eigenvalue weighted by Crippen LogP contribution is -2.48. The number of rotatable bonds is 24.